The first-order valence-corrected chi connectivity index (χ1v) is 10.5. The summed E-state index contributed by atoms with van der Waals surface area (Å²) < 4.78 is 32.0. The van der Waals surface area contributed by atoms with Crippen molar-refractivity contribution in [2.75, 3.05) is 44.7 Å². The third-order valence-corrected chi connectivity index (χ3v) is 7.63. The minimum absolute atomic E-state index is 0.253. The van der Waals surface area contributed by atoms with Crippen molar-refractivity contribution in [3.8, 4) is 0 Å². The Kier molecular flexibility index (Phi) is 5.76. The number of rotatable bonds is 4. The Balaban J connectivity index is 1.64. The number of piperazine rings is 1. The maximum atomic E-state index is 12.9. The summed E-state index contributed by atoms with van der Waals surface area (Å²) >= 11 is 6.10. The molecular formula is C17H24ClN3O4S. The summed E-state index contributed by atoms with van der Waals surface area (Å²) in [6.45, 7) is 4.37. The summed E-state index contributed by atoms with van der Waals surface area (Å²) in [4.78, 5) is 13.8. The molecule has 0 spiro atoms. The van der Waals surface area contributed by atoms with Gasteiger partial charge in [0.2, 0.25) is 10.0 Å². The zero-order valence-corrected chi connectivity index (χ0v) is 16.5. The number of ether oxygens (including phenoxy) is 1. The van der Waals surface area contributed by atoms with Crippen molar-refractivity contribution < 1.29 is 17.9 Å². The summed E-state index contributed by atoms with van der Waals surface area (Å²) in [6.07, 6.45) is 0.253. The van der Waals surface area contributed by atoms with Crippen LogP contribution in [0.5, 0.6) is 0 Å². The van der Waals surface area contributed by atoms with Gasteiger partial charge in [-0.2, -0.15) is 4.31 Å². The molecule has 0 aromatic heterocycles. The van der Waals surface area contributed by atoms with Gasteiger partial charge >= 0.3 is 5.97 Å². The molecule has 0 amide bonds. The lowest BCUT2D eigenvalue weighted by molar-refractivity contribution is -0.142. The Morgan fingerprint density at radius 1 is 1.27 bits per heavy atom. The lowest BCUT2D eigenvalue weighted by atomic mass is 10.1. The van der Waals surface area contributed by atoms with Gasteiger partial charge in [0.15, 0.2) is 0 Å². The zero-order valence-electron chi connectivity index (χ0n) is 14.9. The van der Waals surface area contributed by atoms with Crippen LogP contribution in [0.3, 0.4) is 0 Å². The second kappa shape index (κ2) is 7.72. The number of hydrogen-bond donors (Lipinski definition) is 1. The Hall–Kier alpha value is -1.35. The number of nitrogens with zero attached hydrogens (tertiary/aromatic N) is 2. The minimum Gasteiger partial charge on any atom is -0.468 e. The molecule has 1 aromatic rings. The molecular weight excluding hydrogens is 378 g/mol. The number of benzene rings is 1. The van der Waals surface area contributed by atoms with Gasteiger partial charge in [-0.3, -0.25) is 4.79 Å². The Labute approximate surface area is 159 Å². The minimum atomic E-state index is -3.45. The van der Waals surface area contributed by atoms with E-state index in [-0.39, 0.29) is 13.0 Å². The average Bonchev–Trinajstić information content (AvgIpc) is 3.14. The van der Waals surface area contributed by atoms with Crippen LogP contribution in [-0.4, -0.2) is 69.8 Å². The molecule has 0 saturated carbocycles. The van der Waals surface area contributed by atoms with Gasteiger partial charge in [-0.05, 0) is 31.0 Å². The number of halogens is 1. The highest BCUT2D eigenvalue weighted by molar-refractivity contribution is 7.89. The molecule has 9 heteroatoms. The molecule has 2 heterocycles. The molecule has 1 aromatic carbocycles. The first kappa shape index (κ1) is 19.4. The van der Waals surface area contributed by atoms with Crippen LogP contribution >= 0.6 is 11.6 Å². The molecule has 0 aliphatic carbocycles. The van der Waals surface area contributed by atoms with E-state index >= 15 is 0 Å². The standard InChI is InChI=1S/C17H24ClN3O4S/c1-12-3-4-13(18)9-16(12)20-5-7-21(8-6-20)26(23,24)14-10-15(19-11-14)17(22)25-2/h3-4,9,14-15,19H,5-8,10-11H2,1-2H3. The normalized spacial score (nSPS) is 24.7. The zero-order chi connectivity index (χ0) is 18.9. The van der Waals surface area contributed by atoms with Crippen molar-refractivity contribution in [3.63, 3.8) is 0 Å². The molecule has 0 radical (unpaired) electrons. The van der Waals surface area contributed by atoms with Gasteiger partial charge in [-0.25, -0.2) is 8.42 Å². The Morgan fingerprint density at radius 2 is 1.96 bits per heavy atom. The molecule has 2 fully saturated rings. The summed E-state index contributed by atoms with van der Waals surface area (Å²) in [5.74, 6) is -0.413. The van der Waals surface area contributed by atoms with Crippen molar-refractivity contribution in [2.24, 2.45) is 0 Å². The molecule has 2 aliphatic heterocycles. The van der Waals surface area contributed by atoms with Gasteiger partial charge in [-0.1, -0.05) is 17.7 Å². The summed E-state index contributed by atoms with van der Waals surface area (Å²) in [5.41, 5.74) is 2.16. The number of nitrogens with one attached hydrogen (secondary N) is 1. The van der Waals surface area contributed by atoms with Crippen LogP contribution in [0.15, 0.2) is 18.2 Å². The Bertz CT molecular complexity index is 778. The quantitative estimate of drug-likeness (QED) is 0.758. The smallest absolute Gasteiger partial charge is 0.322 e. The van der Waals surface area contributed by atoms with Crippen LogP contribution in [0.2, 0.25) is 5.02 Å². The maximum absolute atomic E-state index is 12.9. The van der Waals surface area contributed by atoms with Gasteiger partial charge in [0.05, 0.1) is 12.4 Å². The summed E-state index contributed by atoms with van der Waals surface area (Å²) in [7, 11) is -2.14. The fourth-order valence-corrected chi connectivity index (χ4v) is 5.57. The number of hydrogen-bond acceptors (Lipinski definition) is 6. The first-order chi connectivity index (χ1) is 12.3. The monoisotopic (exact) mass is 401 g/mol. The predicted molar refractivity (Wildman–Crippen MR) is 101 cm³/mol. The van der Waals surface area contributed by atoms with Gasteiger partial charge < -0.3 is 15.0 Å². The van der Waals surface area contributed by atoms with E-state index in [2.05, 4.69) is 10.2 Å². The fraction of sp³-hybridized carbons (Fsp3) is 0.588. The molecule has 2 saturated heterocycles. The third kappa shape index (κ3) is 3.83. The van der Waals surface area contributed by atoms with Crippen LogP contribution in [0.25, 0.3) is 0 Å². The third-order valence-electron chi connectivity index (χ3n) is 5.11. The largest absolute Gasteiger partial charge is 0.468 e. The van der Waals surface area contributed by atoms with E-state index in [4.69, 9.17) is 16.3 Å². The number of carbonyl (C=O) groups is 1. The van der Waals surface area contributed by atoms with Crippen molar-refractivity contribution in [1.82, 2.24) is 9.62 Å². The SMILES string of the molecule is COC(=O)C1CC(S(=O)(=O)N2CCN(c3cc(Cl)ccc3C)CC2)CN1. The number of anilines is 1. The van der Waals surface area contributed by atoms with E-state index in [0.29, 0.717) is 31.2 Å². The molecule has 2 atom stereocenters. The van der Waals surface area contributed by atoms with Crippen LogP contribution in [0, 0.1) is 6.92 Å². The van der Waals surface area contributed by atoms with Gasteiger partial charge in [0.25, 0.3) is 0 Å². The molecule has 26 heavy (non-hydrogen) atoms. The first-order valence-electron chi connectivity index (χ1n) is 8.64. The van der Waals surface area contributed by atoms with E-state index in [1.807, 2.05) is 25.1 Å². The van der Waals surface area contributed by atoms with E-state index in [1.165, 1.54) is 11.4 Å². The van der Waals surface area contributed by atoms with Crippen LogP contribution in [-0.2, 0) is 19.6 Å². The lowest BCUT2D eigenvalue weighted by Gasteiger charge is -2.37. The molecule has 2 aliphatic rings. The number of carbonyl (C=O) groups excluding carboxylic acids is 1. The molecule has 144 valence electrons. The van der Waals surface area contributed by atoms with Crippen molar-refractivity contribution in [1.29, 1.82) is 0 Å². The topological polar surface area (TPSA) is 79.0 Å². The van der Waals surface area contributed by atoms with Gasteiger partial charge in [0, 0.05) is 43.4 Å². The second-order valence-corrected chi connectivity index (χ2v) is 9.35. The molecule has 2 unspecified atom stereocenters. The maximum Gasteiger partial charge on any atom is 0.322 e. The molecule has 1 N–H and O–H groups in total. The molecule has 0 bridgehead atoms. The van der Waals surface area contributed by atoms with Crippen molar-refractivity contribution in [3.05, 3.63) is 28.8 Å². The van der Waals surface area contributed by atoms with Gasteiger partial charge in [-0.15, -0.1) is 0 Å². The lowest BCUT2D eigenvalue weighted by Crippen LogP contribution is -2.51. The van der Waals surface area contributed by atoms with Crippen LogP contribution in [0.1, 0.15) is 12.0 Å². The summed E-state index contributed by atoms with van der Waals surface area (Å²) in [5, 5.41) is 3.03. The second-order valence-electron chi connectivity index (χ2n) is 6.70. The highest BCUT2D eigenvalue weighted by Crippen LogP contribution is 2.27. The highest BCUT2D eigenvalue weighted by atomic mass is 35.5. The highest BCUT2D eigenvalue weighted by Gasteiger charge is 2.41. The van der Waals surface area contributed by atoms with Crippen LogP contribution < -0.4 is 10.2 Å². The number of sulfonamides is 1. The van der Waals surface area contributed by atoms with E-state index in [1.54, 1.807) is 0 Å². The predicted octanol–water partition coefficient (Wildman–Crippen LogP) is 1.00. The van der Waals surface area contributed by atoms with Crippen molar-refractivity contribution >= 4 is 33.3 Å². The summed E-state index contributed by atoms with van der Waals surface area (Å²) in [6, 6.07) is 5.20. The number of methoxy groups -OCH3 is 1. The average molecular weight is 402 g/mol. The molecule has 3 rings (SSSR count). The van der Waals surface area contributed by atoms with Crippen LogP contribution in [0.4, 0.5) is 5.69 Å². The van der Waals surface area contributed by atoms with E-state index < -0.39 is 27.3 Å². The van der Waals surface area contributed by atoms with E-state index in [0.717, 1.165) is 11.3 Å². The fourth-order valence-electron chi connectivity index (χ4n) is 3.57. The Morgan fingerprint density at radius 3 is 2.62 bits per heavy atom. The van der Waals surface area contributed by atoms with Crippen molar-refractivity contribution in [2.45, 2.75) is 24.6 Å². The molecule has 7 nitrogen and oxygen atoms in total. The number of aryl methyl sites for hydroxylation is 1. The van der Waals surface area contributed by atoms with E-state index in [9.17, 15) is 13.2 Å². The number of esters is 1. The van der Waals surface area contributed by atoms with Gasteiger partial charge in [0.1, 0.15) is 6.04 Å².